The summed E-state index contributed by atoms with van der Waals surface area (Å²) in [5.74, 6) is 1.55. The summed E-state index contributed by atoms with van der Waals surface area (Å²) in [5, 5.41) is 2.94. The second-order valence-corrected chi connectivity index (χ2v) is 6.48. The van der Waals surface area contributed by atoms with E-state index in [1.165, 1.54) is 12.8 Å². The van der Waals surface area contributed by atoms with Gasteiger partial charge in [0.2, 0.25) is 0 Å². The normalized spacial score (nSPS) is 14.0. The molecule has 2 heterocycles. The molecule has 1 fully saturated rings. The highest BCUT2D eigenvalue weighted by Crippen LogP contribution is 2.18. The lowest BCUT2D eigenvalue weighted by atomic mass is 10.1. The number of aryl methyl sites for hydroxylation is 3. The quantitative estimate of drug-likeness (QED) is 0.939. The van der Waals surface area contributed by atoms with Crippen LogP contribution < -0.4 is 10.2 Å². The first-order chi connectivity index (χ1) is 11.5. The van der Waals surface area contributed by atoms with E-state index in [0.717, 1.165) is 35.7 Å². The molecule has 0 radical (unpaired) electrons. The monoisotopic (exact) mass is 324 g/mol. The number of hydrogen-bond donors (Lipinski definition) is 1. The molecule has 5 heteroatoms. The lowest BCUT2D eigenvalue weighted by molar-refractivity contribution is 0.0949. The third-order valence-electron chi connectivity index (χ3n) is 4.35. The highest BCUT2D eigenvalue weighted by atomic mass is 16.1. The van der Waals surface area contributed by atoms with Crippen LogP contribution in [0, 0.1) is 20.8 Å². The Kier molecular flexibility index (Phi) is 4.79. The van der Waals surface area contributed by atoms with Gasteiger partial charge in [-0.3, -0.25) is 4.79 Å². The molecule has 1 aliphatic heterocycles. The van der Waals surface area contributed by atoms with Crippen LogP contribution in [-0.4, -0.2) is 29.0 Å². The van der Waals surface area contributed by atoms with Crippen molar-refractivity contribution < 1.29 is 4.79 Å². The molecule has 0 spiro atoms. The van der Waals surface area contributed by atoms with Crippen molar-refractivity contribution in [3.05, 3.63) is 52.5 Å². The topological polar surface area (TPSA) is 58.1 Å². The van der Waals surface area contributed by atoms with Gasteiger partial charge >= 0.3 is 0 Å². The molecule has 24 heavy (non-hydrogen) atoms. The maximum absolute atomic E-state index is 12.4. The molecule has 0 atom stereocenters. The van der Waals surface area contributed by atoms with Crippen LogP contribution >= 0.6 is 0 Å². The van der Waals surface area contributed by atoms with Crippen molar-refractivity contribution in [3.8, 4) is 0 Å². The van der Waals surface area contributed by atoms with E-state index in [-0.39, 0.29) is 5.91 Å². The van der Waals surface area contributed by atoms with Crippen LogP contribution in [-0.2, 0) is 6.54 Å². The van der Waals surface area contributed by atoms with Gasteiger partial charge in [-0.2, -0.15) is 0 Å². The van der Waals surface area contributed by atoms with E-state index < -0.39 is 0 Å². The lowest BCUT2D eigenvalue weighted by Gasteiger charge is -2.17. The van der Waals surface area contributed by atoms with Gasteiger partial charge in [0.05, 0.1) is 6.54 Å². The van der Waals surface area contributed by atoms with Crippen molar-refractivity contribution in [2.45, 2.75) is 40.2 Å². The van der Waals surface area contributed by atoms with Crippen molar-refractivity contribution in [2.75, 3.05) is 18.0 Å². The number of hydrogen-bond acceptors (Lipinski definition) is 4. The minimum absolute atomic E-state index is 0.0830. The van der Waals surface area contributed by atoms with Crippen LogP contribution in [0.4, 0.5) is 5.82 Å². The van der Waals surface area contributed by atoms with Crippen molar-refractivity contribution in [3.63, 3.8) is 0 Å². The number of benzene rings is 1. The Labute approximate surface area is 143 Å². The summed E-state index contributed by atoms with van der Waals surface area (Å²) in [5.41, 5.74) is 3.77. The van der Waals surface area contributed by atoms with Gasteiger partial charge in [-0.15, -0.1) is 0 Å². The number of nitrogens with zero attached hydrogens (tertiary/aromatic N) is 3. The molecule has 0 saturated carbocycles. The van der Waals surface area contributed by atoms with Gasteiger partial charge in [-0.05, 0) is 45.2 Å². The molecule has 5 nitrogen and oxygen atoms in total. The van der Waals surface area contributed by atoms with E-state index in [4.69, 9.17) is 0 Å². The molecule has 1 aromatic carbocycles. The maximum Gasteiger partial charge on any atom is 0.251 e. The third kappa shape index (κ3) is 3.72. The standard InChI is InChI=1S/C19H24N4O/c1-13-6-7-16(14(2)10-13)19(24)20-12-17-21-15(3)11-18(22-17)23-8-4-5-9-23/h6-7,10-11H,4-5,8-9,12H2,1-3H3,(H,20,24). The second kappa shape index (κ2) is 6.99. The third-order valence-corrected chi connectivity index (χ3v) is 4.35. The molecular weight excluding hydrogens is 300 g/mol. The fourth-order valence-corrected chi connectivity index (χ4v) is 3.12. The number of carbonyl (C=O) groups excluding carboxylic acids is 1. The number of carbonyl (C=O) groups is 1. The largest absolute Gasteiger partial charge is 0.357 e. The van der Waals surface area contributed by atoms with E-state index in [2.05, 4.69) is 20.2 Å². The Hall–Kier alpha value is -2.43. The average molecular weight is 324 g/mol. The van der Waals surface area contributed by atoms with Crippen molar-refractivity contribution >= 4 is 11.7 Å². The Bertz CT molecular complexity index is 751. The summed E-state index contributed by atoms with van der Waals surface area (Å²) in [6.07, 6.45) is 2.42. The first kappa shape index (κ1) is 16.4. The van der Waals surface area contributed by atoms with Gasteiger partial charge in [0.1, 0.15) is 11.6 Å². The van der Waals surface area contributed by atoms with Crippen LogP contribution in [0.2, 0.25) is 0 Å². The smallest absolute Gasteiger partial charge is 0.251 e. The summed E-state index contributed by atoms with van der Waals surface area (Å²) < 4.78 is 0. The van der Waals surface area contributed by atoms with E-state index in [0.29, 0.717) is 17.9 Å². The minimum Gasteiger partial charge on any atom is -0.357 e. The number of aromatic nitrogens is 2. The van der Waals surface area contributed by atoms with E-state index in [9.17, 15) is 4.79 Å². The molecule has 1 N–H and O–H groups in total. The fourth-order valence-electron chi connectivity index (χ4n) is 3.12. The first-order valence-electron chi connectivity index (χ1n) is 8.48. The zero-order valence-electron chi connectivity index (χ0n) is 14.6. The van der Waals surface area contributed by atoms with Crippen LogP contribution in [0.15, 0.2) is 24.3 Å². The van der Waals surface area contributed by atoms with Crippen LogP contribution in [0.3, 0.4) is 0 Å². The number of rotatable bonds is 4. The predicted molar refractivity (Wildman–Crippen MR) is 95.3 cm³/mol. The second-order valence-electron chi connectivity index (χ2n) is 6.48. The highest BCUT2D eigenvalue weighted by molar-refractivity contribution is 5.95. The SMILES string of the molecule is Cc1ccc(C(=O)NCc2nc(C)cc(N3CCCC3)n2)c(C)c1. The molecule has 0 bridgehead atoms. The van der Waals surface area contributed by atoms with Gasteiger partial charge in [-0.25, -0.2) is 9.97 Å². The summed E-state index contributed by atoms with van der Waals surface area (Å²) in [7, 11) is 0. The Balaban J connectivity index is 1.70. The molecule has 126 valence electrons. The van der Waals surface area contributed by atoms with E-state index >= 15 is 0 Å². The summed E-state index contributed by atoms with van der Waals surface area (Å²) >= 11 is 0. The first-order valence-corrected chi connectivity index (χ1v) is 8.48. The zero-order chi connectivity index (χ0) is 17.1. The maximum atomic E-state index is 12.4. The van der Waals surface area contributed by atoms with Crippen LogP contribution in [0.25, 0.3) is 0 Å². The Morgan fingerprint density at radius 2 is 1.88 bits per heavy atom. The molecule has 1 aliphatic rings. The molecule has 1 saturated heterocycles. The van der Waals surface area contributed by atoms with Gasteiger partial charge in [0.25, 0.3) is 5.91 Å². The predicted octanol–water partition coefficient (Wildman–Crippen LogP) is 2.93. The summed E-state index contributed by atoms with van der Waals surface area (Å²) in [4.78, 5) is 23.8. The number of nitrogens with one attached hydrogen (secondary N) is 1. The lowest BCUT2D eigenvalue weighted by Crippen LogP contribution is -2.26. The molecule has 0 unspecified atom stereocenters. The van der Waals surface area contributed by atoms with Crippen LogP contribution in [0.5, 0.6) is 0 Å². The summed E-state index contributed by atoms with van der Waals surface area (Å²) in [6, 6.07) is 7.85. The van der Waals surface area contributed by atoms with Crippen LogP contribution in [0.1, 0.15) is 45.8 Å². The average Bonchev–Trinajstić information content (AvgIpc) is 3.06. The molecule has 2 aromatic rings. The molecule has 1 aromatic heterocycles. The van der Waals surface area contributed by atoms with Gasteiger partial charge in [0, 0.05) is 30.4 Å². The van der Waals surface area contributed by atoms with E-state index in [1.807, 2.05) is 45.0 Å². The highest BCUT2D eigenvalue weighted by Gasteiger charge is 2.15. The van der Waals surface area contributed by atoms with Crippen molar-refractivity contribution in [1.82, 2.24) is 15.3 Å². The number of amides is 1. The fraction of sp³-hybridized carbons (Fsp3) is 0.421. The Morgan fingerprint density at radius 1 is 1.12 bits per heavy atom. The van der Waals surface area contributed by atoms with Gasteiger partial charge < -0.3 is 10.2 Å². The minimum atomic E-state index is -0.0830. The number of anilines is 1. The molecule has 1 amide bonds. The van der Waals surface area contributed by atoms with Gasteiger partial charge in [-0.1, -0.05) is 17.7 Å². The molecule has 0 aliphatic carbocycles. The van der Waals surface area contributed by atoms with E-state index in [1.54, 1.807) is 0 Å². The Morgan fingerprint density at radius 3 is 2.58 bits per heavy atom. The van der Waals surface area contributed by atoms with Crippen molar-refractivity contribution in [2.24, 2.45) is 0 Å². The zero-order valence-corrected chi connectivity index (χ0v) is 14.6. The van der Waals surface area contributed by atoms with Crippen molar-refractivity contribution in [1.29, 1.82) is 0 Å². The molecule has 3 rings (SSSR count). The molecular formula is C19H24N4O. The summed E-state index contributed by atoms with van der Waals surface area (Å²) in [6.45, 7) is 8.38. The van der Waals surface area contributed by atoms with Gasteiger partial charge in [0.15, 0.2) is 0 Å².